The van der Waals surface area contributed by atoms with E-state index >= 15 is 0 Å². The molecule has 0 saturated heterocycles. The average Bonchev–Trinajstić information content (AvgIpc) is 2.31. The second-order valence-electron chi connectivity index (χ2n) is 4.72. The van der Waals surface area contributed by atoms with Gasteiger partial charge in [0.2, 0.25) is 5.82 Å². The van der Waals surface area contributed by atoms with E-state index in [1.54, 1.807) is 13.8 Å². The topological polar surface area (TPSA) is 89.4 Å². The minimum absolute atomic E-state index is 0.147. The van der Waals surface area contributed by atoms with Gasteiger partial charge in [-0.2, -0.15) is 4.39 Å². The second kappa shape index (κ2) is 5.41. The molecule has 5 nitrogen and oxygen atoms in total. The summed E-state index contributed by atoms with van der Waals surface area (Å²) < 4.78 is 13.9. The summed E-state index contributed by atoms with van der Waals surface area (Å²) in [6, 6.07) is 4.01. The molecule has 0 bridgehead atoms. The number of aliphatic hydroxyl groups excluding tert-OH is 1. The first-order valence-corrected chi connectivity index (χ1v) is 5.61. The van der Waals surface area contributed by atoms with Crippen molar-refractivity contribution in [2.24, 2.45) is 11.1 Å². The molecule has 0 heterocycles. The van der Waals surface area contributed by atoms with Crippen molar-refractivity contribution < 1.29 is 14.4 Å². The van der Waals surface area contributed by atoms with Gasteiger partial charge < -0.3 is 10.8 Å². The molecule has 0 amide bonds. The van der Waals surface area contributed by atoms with E-state index in [1.165, 1.54) is 12.1 Å². The molecule has 0 saturated carbocycles. The molecular formula is C12H17FN2O3. The Hall–Kier alpha value is -1.53. The molecule has 0 fully saturated rings. The van der Waals surface area contributed by atoms with Crippen LogP contribution in [0.4, 0.5) is 10.1 Å². The summed E-state index contributed by atoms with van der Waals surface area (Å²) in [5, 5.41) is 20.3. The van der Waals surface area contributed by atoms with Crippen LogP contribution in [0.5, 0.6) is 0 Å². The first-order valence-electron chi connectivity index (χ1n) is 5.61. The molecule has 0 aliphatic rings. The van der Waals surface area contributed by atoms with Gasteiger partial charge in [0.1, 0.15) is 0 Å². The van der Waals surface area contributed by atoms with Crippen LogP contribution in [0.25, 0.3) is 0 Å². The highest BCUT2D eigenvalue weighted by Crippen LogP contribution is 2.29. The number of hydrogen-bond donors (Lipinski definition) is 2. The standard InChI is InChI=1S/C12H17FN2O3/c1-8(16)12(2,7-14)6-9-4-3-5-10(11(9)13)15(17)18/h3-5,8,16H,6-7,14H2,1-2H3. The smallest absolute Gasteiger partial charge is 0.305 e. The lowest BCUT2D eigenvalue weighted by atomic mass is 9.79. The maximum atomic E-state index is 13.9. The van der Waals surface area contributed by atoms with Crippen LogP contribution in [0, 0.1) is 21.3 Å². The van der Waals surface area contributed by atoms with Crippen LogP contribution < -0.4 is 5.73 Å². The Bertz CT molecular complexity index is 451. The number of aliphatic hydroxyl groups is 1. The maximum Gasteiger partial charge on any atom is 0.305 e. The van der Waals surface area contributed by atoms with E-state index in [0.29, 0.717) is 0 Å². The van der Waals surface area contributed by atoms with Crippen molar-refractivity contribution in [2.45, 2.75) is 26.4 Å². The summed E-state index contributed by atoms with van der Waals surface area (Å²) in [7, 11) is 0. The highest BCUT2D eigenvalue weighted by atomic mass is 19.1. The summed E-state index contributed by atoms with van der Waals surface area (Å²) in [5.41, 5.74) is 4.51. The van der Waals surface area contributed by atoms with E-state index in [-0.39, 0.29) is 18.5 Å². The quantitative estimate of drug-likeness (QED) is 0.618. The zero-order valence-electron chi connectivity index (χ0n) is 10.4. The van der Waals surface area contributed by atoms with Gasteiger partial charge in [0.25, 0.3) is 0 Å². The van der Waals surface area contributed by atoms with E-state index in [0.717, 1.165) is 6.07 Å². The van der Waals surface area contributed by atoms with E-state index in [1.807, 2.05) is 0 Å². The maximum absolute atomic E-state index is 13.9. The third-order valence-electron chi connectivity index (χ3n) is 3.32. The number of benzene rings is 1. The minimum atomic E-state index is -0.858. The summed E-state index contributed by atoms with van der Waals surface area (Å²) in [4.78, 5) is 9.87. The number of rotatable bonds is 5. The van der Waals surface area contributed by atoms with Crippen LogP contribution in [0.1, 0.15) is 19.4 Å². The molecule has 0 spiro atoms. The normalized spacial score (nSPS) is 16.1. The fourth-order valence-corrected chi connectivity index (χ4v) is 1.67. The molecule has 3 N–H and O–H groups in total. The van der Waals surface area contributed by atoms with Gasteiger partial charge in [0.15, 0.2) is 0 Å². The number of nitrogens with zero attached hydrogens (tertiary/aromatic N) is 1. The molecule has 2 atom stereocenters. The molecule has 1 aromatic rings. The van der Waals surface area contributed by atoms with Gasteiger partial charge in [-0.25, -0.2) is 0 Å². The molecule has 100 valence electrons. The summed E-state index contributed by atoms with van der Waals surface area (Å²) in [5.74, 6) is -0.858. The van der Waals surface area contributed by atoms with Crippen LogP contribution in [0.15, 0.2) is 18.2 Å². The van der Waals surface area contributed by atoms with Crippen molar-refractivity contribution in [3.63, 3.8) is 0 Å². The zero-order valence-corrected chi connectivity index (χ0v) is 10.4. The van der Waals surface area contributed by atoms with Gasteiger partial charge in [-0.15, -0.1) is 0 Å². The average molecular weight is 256 g/mol. The molecule has 2 unspecified atom stereocenters. The Morgan fingerprint density at radius 3 is 2.67 bits per heavy atom. The van der Waals surface area contributed by atoms with Crippen molar-refractivity contribution in [3.05, 3.63) is 39.7 Å². The van der Waals surface area contributed by atoms with Crippen LogP contribution in [-0.4, -0.2) is 22.7 Å². The van der Waals surface area contributed by atoms with Gasteiger partial charge >= 0.3 is 5.69 Å². The second-order valence-corrected chi connectivity index (χ2v) is 4.72. The monoisotopic (exact) mass is 256 g/mol. The van der Waals surface area contributed by atoms with E-state index < -0.39 is 27.9 Å². The lowest BCUT2D eigenvalue weighted by molar-refractivity contribution is -0.387. The van der Waals surface area contributed by atoms with Gasteiger partial charge in [-0.3, -0.25) is 10.1 Å². The molecular weight excluding hydrogens is 239 g/mol. The molecule has 18 heavy (non-hydrogen) atoms. The number of nitro groups is 1. The van der Waals surface area contributed by atoms with Crippen LogP contribution in [0.3, 0.4) is 0 Å². The van der Waals surface area contributed by atoms with Gasteiger partial charge in [0.05, 0.1) is 11.0 Å². The zero-order chi connectivity index (χ0) is 13.9. The fourth-order valence-electron chi connectivity index (χ4n) is 1.67. The summed E-state index contributed by atoms with van der Waals surface area (Å²) in [6.07, 6.45) is -0.588. The Morgan fingerprint density at radius 2 is 2.22 bits per heavy atom. The first kappa shape index (κ1) is 14.5. The number of hydrogen-bond acceptors (Lipinski definition) is 4. The summed E-state index contributed by atoms with van der Waals surface area (Å²) >= 11 is 0. The van der Waals surface area contributed by atoms with Crippen molar-refractivity contribution in [2.75, 3.05) is 6.54 Å². The predicted molar refractivity (Wildman–Crippen MR) is 65.6 cm³/mol. The Kier molecular flexibility index (Phi) is 4.37. The van der Waals surface area contributed by atoms with Gasteiger partial charge in [0, 0.05) is 18.0 Å². The van der Waals surface area contributed by atoms with E-state index in [2.05, 4.69) is 0 Å². The largest absolute Gasteiger partial charge is 0.393 e. The highest BCUT2D eigenvalue weighted by molar-refractivity contribution is 5.37. The van der Waals surface area contributed by atoms with Gasteiger partial charge in [-0.1, -0.05) is 19.1 Å². The molecule has 1 aromatic carbocycles. The Balaban J connectivity index is 3.12. The van der Waals surface area contributed by atoms with Crippen LogP contribution >= 0.6 is 0 Å². The van der Waals surface area contributed by atoms with Crippen molar-refractivity contribution >= 4 is 5.69 Å². The molecule has 0 radical (unpaired) electrons. The van der Waals surface area contributed by atoms with E-state index in [4.69, 9.17) is 5.73 Å². The van der Waals surface area contributed by atoms with Crippen molar-refractivity contribution in [1.29, 1.82) is 0 Å². The molecule has 6 heteroatoms. The Morgan fingerprint density at radius 1 is 1.61 bits per heavy atom. The highest BCUT2D eigenvalue weighted by Gasteiger charge is 2.31. The third-order valence-corrected chi connectivity index (χ3v) is 3.32. The van der Waals surface area contributed by atoms with E-state index in [9.17, 15) is 19.6 Å². The third kappa shape index (κ3) is 2.83. The van der Waals surface area contributed by atoms with Crippen molar-refractivity contribution in [1.82, 2.24) is 0 Å². The molecule has 0 aromatic heterocycles. The lowest BCUT2D eigenvalue weighted by Crippen LogP contribution is -2.39. The van der Waals surface area contributed by atoms with Gasteiger partial charge in [-0.05, 0) is 18.9 Å². The molecule has 0 aliphatic heterocycles. The number of halogens is 1. The fraction of sp³-hybridized carbons (Fsp3) is 0.500. The number of nitrogens with two attached hydrogens (primary N) is 1. The first-order chi connectivity index (χ1) is 8.31. The minimum Gasteiger partial charge on any atom is -0.393 e. The van der Waals surface area contributed by atoms with Crippen LogP contribution in [0.2, 0.25) is 0 Å². The Labute approximate surface area is 105 Å². The predicted octanol–water partition coefficient (Wildman–Crippen LogP) is 1.62. The lowest BCUT2D eigenvalue weighted by Gasteiger charge is -2.31. The number of nitro benzene ring substituents is 1. The molecule has 0 aliphatic carbocycles. The molecule has 1 rings (SSSR count). The summed E-state index contributed by atoms with van der Waals surface area (Å²) in [6.45, 7) is 3.45. The van der Waals surface area contributed by atoms with Crippen LogP contribution in [-0.2, 0) is 6.42 Å². The SMILES string of the molecule is CC(O)C(C)(CN)Cc1cccc([N+](=O)[O-])c1F. The van der Waals surface area contributed by atoms with Crippen molar-refractivity contribution in [3.8, 4) is 0 Å².